The lowest BCUT2D eigenvalue weighted by molar-refractivity contribution is 0.630. The molecule has 0 saturated carbocycles. The maximum Gasteiger partial charge on any atom is 0.172 e. The zero-order chi connectivity index (χ0) is 23.1. The number of halogens is 3. The number of amidine groups is 1. The maximum absolute atomic E-state index is 14.3. The van der Waals surface area contributed by atoms with Crippen LogP contribution in [0.1, 0.15) is 11.1 Å². The van der Waals surface area contributed by atoms with Crippen LogP contribution in [0, 0.1) is 5.82 Å². The number of nitrogens with zero attached hydrogens (tertiary/aromatic N) is 4. The lowest BCUT2D eigenvalue weighted by Gasteiger charge is -2.12. The normalized spacial score (nSPS) is 11.1. The fourth-order valence-corrected chi connectivity index (χ4v) is 3.34. The summed E-state index contributed by atoms with van der Waals surface area (Å²) in [6.07, 6.45) is 3.13. The van der Waals surface area contributed by atoms with E-state index in [9.17, 15) is 4.39 Å². The third-order valence-corrected chi connectivity index (χ3v) is 5.05. The van der Waals surface area contributed by atoms with Gasteiger partial charge in [-0.15, -0.1) is 16.7 Å². The van der Waals surface area contributed by atoms with Gasteiger partial charge < -0.3 is 11.1 Å². The average Bonchev–Trinajstić information content (AvgIpc) is 3.20. The van der Waals surface area contributed by atoms with Crippen molar-refractivity contribution < 1.29 is 4.39 Å². The van der Waals surface area contributed by atoms with E-state index in [1.165, 1.54) is 12.4 Å². The zero-order valence-electron chi connectivity index (χ0n) is 17.1. The Morgan fingerprint density at radius 2 is 1.91 bits per heavy atom. The Morgan fingerprint density at radius 3 is 2.59 bits per heavy atom. The van der Waals surface area contributed by atoms with Crippen molar-refractivity contribution in [3.05, 3.63) is 82.2 Å². The summed E-state index contributed by atoms with van der Waals surface area (Å²) in [6.45, 7) is 0.514. The highest BCUT2D eigenvalue weighted by Crippen LogP contribution is 2.27. The van der Waals surface area contributed by atoms with E-state index in [1.54, 1.807) is 35.0 Å². The van der Waals surface area contributed by atoms with Gasteiger partial charge in [-0.1, -0.05) is 36.4 Å². The molecule has 2 aromatic heterocycles. The van der Waals surface area contributed by atoms with E-state index in [0.29, 0.717) is 35.1 Å². The van der Waals surface area contributed by atoms with Crippen LogP contribution in [0.5, 0.6) is 0 Å². The van der Waals surface area contributed by atoms with Gasteiger partial charge in [0.2, 0.25) is 0 Å². The van der Waals surface area contributed by atoms with Gasteiger partial charge in [-0.2, -0.15) is 9.61 Å². The number of hydrogen-bond donors (Lipinski definition) is 4. The molecule has 0 saturated heterocycles. The van der Waals surface area contributed by atoms with Crippen LogP contribution in [0.4, 0.5) is 10.2 Å². The summed E-state index contributed by atoms with van der Waals surface area (Å²) in [5.41, 5.74) is 11.3. The Balaban J connectivity index is 0.00000141. The number of hydrogen-bond acceptors (Lipinski definition) is 6. The van der Waals surface area contributed by atoms with Crippen LogP contribution < -0.4 is 22.4 Å². The van der Waals surface area contributed by atoms with Crippen LogP contribution in [0.15, 0.2) is 70.4 Å². The van der Waals surface area contributed by atoms with Crippen LogP contribution in [-0.2, 0) is 6.54 Å². The molecule has 0 amide bonds. The second-order valence-electron chi connectivity index (χ2n) is 6.41. The number of hydrazone groups is 1. The molecule has 11 heteroatoms. The Bertz CT molecular complexity index is 1230. The monoisotopic (exact) mass is 518 g/mol. The third kappa shape index (κ3) is 5.16. The quantitative estimate of drug-likeness (QED) is 0.101. The molecule has 0 aliphatic carbocycles. The molecule has 4 aromatic rings. The van der Waals surface area contributed by atoms with Gasteiger partial charge in [0.15, 0.2) is 11.5 Å². The summed E-state index contributed by atoms with van der Waals surface area (Å²) in [7, 11) is 0. The lowest BCUT2D eigenvalue weighted by atomic mass is 10.1. The molecule has 0 fully saturated rings. The van der Waals surface area contributed by atoms with Crippen molar-refractivity contribution in [2.24, 2.45) is 16.7 Å². The number of anilines is 1. The first-order chi connectivity index (χ1) is 15.6. The van der Waals surface area contributed by atoms with E-state index in [4.69, 9.17) is 11.6 Å². The minimum atomic E-state index is -0.335. The Kier molecular flexibility index (Phi) is 7.98. The van der Waals surface area contributed by atoms with Gasteiger partial charge in [-0.25, -0.2) is 20.8 Å². The van der Waals surface area contributed by atoms with Crippen molar-refractivity contribution in [3.63, 3.8) is 0 Å². The molecular weight excluding hydrogens is 499 g/mol. The van der Waals surface area contributed by atoms with Crippen LogP contribution in [0.25, 0.3) is 16.9 Å². The molecule has 0 aliphatic rings. The topological polar surface area (TPSA) is 119 Å². The largest absolute Gasteiger partial charge is 0.382 e. The molecule has 32 heavy (non-hydrogen) atoms. The predicted octanol–water partition coefficient (Wildman–Crippen LogP) is 3.85. The van der Waals surface area contributed by atoms with Crippen LogP contribution in [-0.4, -0.2) is 26.8 Å². The van der Waals surface area contributed by atoms with Gasteiger partial charge in [0.05, 0.1) is 16.4 Å². The molecular formula is C21H21BrClFN8. The summed E-state index contributed by atoms with van der Waals surface area (Å²) in [4.78, 5) is 4.56. The molecule has 0 bridgehead atoms. The summed E-state index contributed by atoms with van der Waals surface area (Å²) in [5.74, 6) is 5.79. The summed E-state index contributed by atoms with van der Waals surface area (Å²) in [6, 6.07) is 15.9. The van der Waals surface area contributed by atoms with Gasteiger partial charge >= 0.3 is 0 Å². The van der Waals surface area contributed by atoms with E-state index < -0.39 is 0 Å². The number of rotatable bonds is 6. The summed E-state index contributed by atoms with van der Waals surface area (Å²) in [5, 5.41) is 11.4. The second-order valence-corrected chi connectivity index (χ2v) is 7.27. The molecule has 0 aliphatic heterocycles. The Morgan fingerprint density at radius 1 is 1.19 bits per heavy atom. The van der Waals surface area contributed by atoms with Crippen molar-refractivity contribution in [2.75, 3.05) is 11.7 Å². The fourth-order valence-electron chi connectivity index (χ4n) is 2.99. The summed E-state index contributed by atoms with van der Waals surface area (Å²) < 4.78 is 16.7. The summed E-state index contributed by atoms with van der Waals surface area (Å²) >= 11 is 8.09. The van der Waals surface area contributed by atoms with E-state index in [-0.39, 0.29) is 5.82 Å². The number of benzene rings is 2. The molecule has 2 heterocycles. The predicted molar refractivity (Wildman–Crippen MR) is 130 cm³/mol. The van der Waals surface area contributed by atoms with Gasteiger partial charge in [0.25, 0.3) is 0 Å². The van der Waals surface area contributed by atoms with Crippen molar-refractivity contribution in [1.82, 2.24) is 20.1 Å². The number of nitrogens with two attached hydrogens (primary N) is 2. The average molecular weight is 520 g/mol. The first-order valence-corrected chi connectivity index (χ1v) is 10.9. The molecule has 166 valence electrons. The molecule has 0 spiro atoms. The number of hydrazine groups is 1. The molecule has 8 nitrogen and oxygen atoms in total. The first kappa shape index (κ1) is 23.5. The second kappa shape index (κ2) is 10.9. The maximum atomic E-state index is 14.3. The van der Waals surface area contributed by atoms with Crippen molar-refractivity contribution in [2.45, 2.75) is 6.54 Å². The number of nitrogens with one attached hydrogen (secondary N) is 2. The molecule has 0 unspecified atom stereocenters. The van der Waals surface area contributed by atoms with Gasteiger partial charge in [0, 0.05) is 30.1 Å². The third-order valence-electron chi connectivity index (χ3n) is 4.49. The fraction of sp³-hybridized carbons (Fsp3) is 0.0952. The van der Waals surface area contributed by atoms with E-state index in [1.807, 2.05) is 24.3 Å². The van der Waals surface area contributed by atoms with Crippen molar-refractivity contribution >= 4 is 44.8 Å². The minimum absolute atomic E-state index is 0.295. The molecule has 4 rings (SSSR count). The van der Waals surface area contributed by atoms with Gasteiger partial charge in [0.1, 0.15) is 11.6 Å². The Labute approximate surface area is 197 Å². The van der Waals surface area contributed by atoms with Crippen molar-refractivity contribution in [1.29, 1.82) is 0 Å². The number of fused-ring (bicyclic) bond motifs is 1. The van der Waals surface area contributed by atoms with Gasteiger partial charge in [-0.05, 0) is 33.6 Å². The standard InChI is InChI=1S/C20H18BrFN8.CH3Cl/c21-15-11-26-30-18(9-17(27-20(15)30)14-3-1-2-4-16(14)22)25-10-12-5-7-13(8-6-12)19(23)28-29-24;1-2/h1-9,11,25,29H,10,24H2,(H2,23,28);1H3. The molecule has 6 N–H and O–H groups in total. The molecule has 0 atom stereocenters. The van der Waals surface area contributed by atoms with E-state index >= 15 is 0 Å². The van der Waals surface area contributed by atoms with Gasteiger partial charge in [-0.3, -0.25) is 0 Å². The zero-order valence-corrected chi connectivity index (χ0v) is 19.4. The molecule has 2 aromatic carbocycles. The van der Waals surface area contributed by atoms with E-state index in [2.05, 4.69) is 53.6 Å². The minimum Gasteiger partial charge on any atom is -0.382 e. The SMILES string of the molecule is CCl.NN/N=C(\N)c1ccc(CNc2cc(-c3ccccc3F)nc3c(Br)cnn23)cc1. The van der Waals surface area contributed by atoms with E-state index in [0.717, 1.165) is 15.6 Å². The highest BCUT2D eigenvalue weighted by Gasteiger charge is 2.13. The van der Waals surface area contributed by atoms with Crippen LogP contribution >= 0.6 is 27.5 Å². The first-order valence-electron chi connectivity index (χ1n) is 9.35. The smallest absolute Gasteiger partial charge is 0.172 e. The van der Waals surface area contributed by atoms with Crippen LogP contribution in [0.2, 0.25) is 0 Å². The lowest BCUT2D eigenvalue weighted by Crippen LogP contribution is -2.22. The van der Waals surface area contributed by atoms with Crippen molar-refractivity contribution in [3.8, 4) is 11.3 Å². The Hall–Kier alpha value is -3.21. The highest BCUT2D eigenvalue weighted by molar-refractivity contribution is 9.10. The molecule has 0 radical (unpaired) electrons. The van der Waals surface area contributed by atoms with Crippen LogP contribution in [0.3, 0.4) is 0 Å². The highest BCUT2D eigenvalue weighted by atomic mass is 79.9. The number of aromatic nitrogens is 3. The number of alkyl halides is 1.